The minimum Gasteiger partial charge on any atom is -0.460 e. The largest absolute Gasteiger partial charge is 0.460 e. The van der Waals surface area contributed by atoms with Crippen LogP contribution in [0.1, 0.15) is 11.5 Å². The van der Waals surface area contributed by atoms with E-state index < -0.39 is 21.7 Å². The number of nitrogens with one attached hydrogen (secondary N) is 2. The van der Waals surface area contributed by atoms with Crippen LogP contribution in [0.25, 0.3) is 6.08 Å². The SMILES string of the molecule is O=C(/C=C/c1ccc(CNS(=O)(=O)c2ccccc2)o1)Nc1ccc(F)c(Cl)c1. The highest BCUT2D eigenvalue weighted by molar-refractivity contribution is 7.89. The van der Waals surface area contributed by atoms with Gasteiger partial charge in [0.25, 0.3) is 0 Å². The third-order valence-corrected chi connectivity index (χ3v) is 5.47. The summed E-state index contributed by atoms with van der Waals surface area (Å²) in [5.74, 6) is -0.289. The van der Waals surface area contributed by atoms with Crippen molar-refractivity contribution >= 4 is 39.3 Å². The molecule has 0 aliphatic heterocycles. The van der Waals surface area contributed by atoms with Crippen LogP contribution in [0.3, 0.4) is 0 Å². The Morgan fingerprint density at radius 1 is 1.10 bits per heavy atom. The van der Waals surface area contributed by atoms with Crippen LogP contribution in [-0.2, 0) is 21.4 Å². The first-order valence-corrected chi connectivity index (χ1v) is 10.3. The lowest BCUT2D eigenvalue weighted by Gasteiger charge is -2.04. The van der Waals surface area contributed by atoms with E-state index in [-0.39, 0.29) is 16.5 Å². The van der Waals surface area contributed by atoms with Crippen molar-refractivity contribution in [3.63, 3.8) is 0 Å². The monoisotopic (exact) mass is 434 g/mol. The third kappa shape index (κ3) is 5.77. The van der Waals surface area contributed by atoms with E-state index in [9.17, 15) is 17.6 Å². The van der Waals surface area contributed by atoms with Crippen molar-refractivity contribution in [1.29, 1.82) is 0 Å². The second-order valence-corrected chi connectivity index (χ2v) is 8.07. The van der Waals surface area contributed by atoms with Crippen molar-refractivity contribution in [2.24, 2.45) is 0 Å². The molecule has 0 spiro atoms. The summed E-state index contributed by atoms with van der Waals surface area (Å²) < 4.78 is 45.4. The Morgan fingerprint density at radius 2 is 1.86 bits per heavy atom. The van der Waals surface area contributed by atoms with Crippen LogP contribution in [0.5, 0.6) is 0 Å². The molecule has 0 aliphatic rings. The lowest BCUT2D eigenvalue weighted by atomic mass is 10.3. The van der Waals surface area contributed by atoms with E-state index in [0.29, 0.717) is 17.2 Å². The van der Waals surface area contributed by atoms with Crippen molar-refractivity contribution in [2.45, 2.75) is 11.4 Å². The number of carbonyl (C=O) groups is 1. The van der Waals surface area contributed by atoms with Gasteiger partial charge in [0, 0.05) is 11.8 Å². The van der Waals surface area contributed by atoms with Crippen LogP contribution >= 0.6 is 11.6 Å². The van der Waals surface area contributed by atoms with Gasteiger partial charge in [-0.1, -0.05) is 29.8 Å². The van der Waals surface area contributed by atoms with E-state index in [0.717, 1.165) is 6.07 Å². The van der Waals surface area contributed by atoms with Gasteiger partial charge in [-0.05, 0) is 48.5 Å². The molecule has 3 aromatic rings. The number of hydrogen-bond donors (Lipinski definition) is 2. The lowest BCUT2D eigenvalue weighted by molar-refractivity contribution is -0.111. The van der Waals surface area contributed by atoms with Gasteiger partial charge in [0.05, 0.1) is 16.5 Å². The Balaban J connectivity index is 1.57. The maximum Gasteiger partial charge on any atom is 0.248 e. The van der Waals surface area contributed by atoms with E-state index in [2.05, 4.69) is 10.0 Å². The average Bonchev–Trinajstić information content (AvgIpc) is 3.16. The van der Waals surface area contributed by atoms with Gasteiger partial charge in [0.2, 0.25) is 15.9 Å². The van der Waals surface area contributed by atoms with E-state index >= 15 is 0 Å². The molecule has 1 aromatic heterocycles. The van der Waals surface area contributed by atoms with Gasteiger partial charge < -0.3 is 9.73 Å². The van der Waals surface area contributed by atoms with Gasteiger partial charge in [-0.15, -0.1) is 0 Å². The molecular weight excluding hydrogens is 419 g/mol. The van der Waals surface area contributed by atoms with Gasteiger partial charge in [-0.2, -0.15) is 0 Å². The minimum atomic E-state index is -3.65. The van der Waals surface area contributed by atoms with Crippen LogP contribution in [0.4, 0.5) is 10.1 Å². The molecule has 150 valence electrons. The molecule has 0 radical (unpaired) electrons. The highest BCUT2D eigenvalue weighted by atomic mass is 35.5. The van der Waals surface area contributed by atoms with Crippen LogP contribution < -0.4 is 10.0 Å². The Hall–Kier alpha value is -2.94. The molecule has 9 heteroatoms. The van der Waals surface area contributed by atoms with Gasteiger partial charge in [-0.3, -0.25) is 4.79 Å². The van der Waals surface area contributed by atoms with Crippen LogP contribution in [0, 0.1) is 5.82 Å². The van der Waals surface area contributed by atoms with E-state index in [4.69, 9.17) is 16.0 Å². The fraction of sp³-hybridized carbons (Fsp3) is 0.0500. The molecule has 2 N–H and O–H groups in total. The minimum absolute atomic E-state index is 0.0364. The van der Waals surface area contributed by atoms with E-state index in [1.165, 1.54) is 36.4 Å². The number of sulfonamides is 1. The lowest BCUT2D eigenvalue weighted by Crippen LogP contribution is -2.22. The predicted molar refractivity (Wildman–Crippen MR) is 108 cm³/mol. The molecular formula is C20H16ClFN2O4S. The van der Waals surface area contributed by atoms with Crippen molar-refractivity contribution in [2.75, 3.05) is 5.32 Å². The normalized spacial score (nSPS) is 11.7. The molecule has 0 unspecified atom stereocenters. The smallest absolute Gasteiger partial charge is 0.248 e. The summed E-state index contributed by atoms with van der Waals surface area (Å²) in [6, 6.07) is 15.0. The second kappa shape index (κ2) is 9.04. The van der Waals surface area contributed by atoms with Gasteiger partial charge >= 0.3 is 0 Å². The Labute approximate surface area is 172 Å². The first kappa shape index (κ1) is 20.8. The zero-order valence-electron chi connectivity index (χ0n) is 14.9. The predicted octanol–water partition coefficient (Wildman–Crippen LogP) is 4.20. The highest BCUT2D eigenvalue weighted by Gasteiger charge is 2.13. The molecule has 0 aliphatic carbocycles. The summed E-state index contributed by atoms with van der Waals surface area (Å²) in [6.45, 7) is -0.0364. The number of amides is 1. The van der Waals surface area contributed by atoms with Crippen molar-refractivity contribution in [1.82, 2.24) is 4.72 Å². The molecule has 2 aromatic carbocycles. The van der Waals surface area contributed by atoms with Crippen molar-refractivity contribution in [3.8, 4) is 0 Å². The average molecular weight is 435 g/mol. The first-order valence-electron chi connectivity index (χ1n) is 8.41. The summed E-state index contributed by atoms with van der Waals surface area (Å²) in [5.41, 5.74) is 0.349. The second-order valence-electron chi connectivity index (χ2n) is 5.89. The third-order valence-electron chi connectivity index (χ3n) is 3.76. The first-order chi connectivity index (χ1) is 13.8. The Morgan fingerprint density at radius 3 is 2.59 bits per heavy atom. The van der Waals surface area contributed by atoms with Crippen molar-refractivity contribution in [3.05, 3.63) is 89.1 Å². The summed E-state index contributed by atoms with van der Waals surface area (Å²) >= 11 is 5.67. The standard InChI is InChI=1S/C20H16ClFN2O4S/c21-18-12-14(6-10-19(18)22)24-20(25)11-9-15-7-8-16(28-15)13-23-29(26,27)17-4-2-1-3-5-17/h1-12,23H,13H2,(H,24,25)/b11-9+. The maximum atomic E-state index is 13.1. The number of rotatable bonds is 7. The highest BCUT2D eigenvalue weighted by Crippen LogP contribution is 2.19. The number of furan rings is 1. The topological polar surface area (TPSA) is 88.4 Å². The van der Waals surface area contributed by atoms with Gasteiger partial charge in [0.1, 0.15) is 17.3 Å². The molecule has 6 nitrogen and oxygen atoms in total. The van der Waals surface area contributed by atoms with E-state index in [1.807, 2.05) is 0 Å². The fourth-order valence-corrected chi connectivity index (χ4v) is 3.54. The Kier molecular flexibility index (Phi) is 6.48. The summed E-state index contributed by atoms with van der Waals surface area (Å²) in [4.78, 5) is 12.1. The summed E-state index contributed by atoms with van der Waals surface area (Å²) in [7, 11) is -3.65. The van der Waals surface area contributed by atoms with Crippen LogP contribution in [0.2, 0.25) is 5.02 Å². The number of halogens is 2. The fourth-order valence-electron chi connectivity index (χ4n) is 2.34. The molecule has 0 fully saturated rings. The zero-order valence-corrected chi connectivity index (χ0v) is 16.5. The molecule has 0 saturated heterocycles. The molecule has 0 bridgehead atoms. The van der Waals surface area contributed by atoms with Gasteiger partial charge in [-0.25, -0.2) is 17.5 Å². The number of anilines is 1. The molecule has 1 heterocycles. The summed E-state index contributed by atoms with van der Waals surface area (Å²) in [5, 5.41) is 2.44. The molecule has 1 amide bonds. The number of hydrogen-bond acceptors (Lipinski definition) is 4. The van der Waals surface area contributed by atoms with Crippen LogP contribution in [0.15, 0.2) is 76.1 Å². The quantitative estimate of drug-likeness (QED) is 0.545. The molecule has 0 saturated carbocycles. The molecule has 29 heavy (non-hydrogen) atoms. The van der Waals surface area contributed by atoms with Crippen molar-refractivity contribution < 1.29 is 22.0 Å². The van der Waals surface area contributed by atoms with E-state index in [1.54, 1.807) is 30.3 Å². The molecule has 3 rings (SSSR count). The summed E-state index contributed by atoms with van der Waals surface area (Å²) in [6.07, 6.45) is 2.66. The number of benzene rings is 2. The maximum absolute atomic E-state index is 13.1. The van der Waals surface area contributed by atoms with Gasteiger partial charge in [0.15, 0.2) is 0 Å². The zero-order chi connectivity index (χ0) is 20.9. The Bertz CT molecular complexity index is 1140. The molecule has 0 atom stereocenters. The number of carbonyl (C=O) groups excluding carboxylic acids is 1. The van der Waals surface area contributed by atoms with Crippen LogP contribution in [-0.4, -0.2) is 14.3 Å².